The van der Waals surface area contributed by atoms with Crippen LogP contribution in [-0.4, -0.2) is 34.2 Å². The fourth-order valence-electron chi connectivity index (χ4n) is 2.78. The van der Waals surface area contributed by atoms with Crippen molar-refractivity contribution in [1.82, 2.24) is 15.3 Å². The number of hydrogen-bond donors (Lipinski definition) is 2. The molecule has 0 unspecified atom stereocenters. The minimum Gasteiger partial charge on any atom is -0.360 e. The van der Waals surface area contributed by atoms with Crippen LogP contribution in [0, 0.1) is 6.92 Å². The molecule has 2 aromatic rings. The van der Waals surface area contributed by atoms with E-state index in [0.717, 1.165) is 48.0 Å². The standard InChI is InChI=1S/C17H20ClN5S/c1-12-9-15(18)16(20-10-12)23-7-4-13(5-8-23)21-17(24)22-14-3-2-6-19-11-14/h2-3,6,9-11,13H,4-5,7-8H2,1H3,(H2,21,22,24). The van der Waals surface area contributed by atoms with Gasteiger partial charge in [0.1, 0.15) is 5.82 Å². The number of halogens is 1. The predicted molar refractivity (Wildman–Crippen MR) is 103 cm³/mol. The summed E-state index contributed by atoms with van der Waals surface area (Å²) in [5.41, 5.74) is 1.97. The number of piperidine rings is 1. The van der Waals surface area contributed by atoms with Crippen LogP contribution in [0.15, 0.2) is 36.8 Å². The normalized spacial score (nSPS) is 15.2. The first kappa shape index (κ1) is 16.9. The Labute approximate surface area is 152 Å². The summed E-state index contributed by atoms with van der Waals surface area (Å²) in [6, 6.07) is 6.12. The maximum atomic E-state index is 6.32. The molecule has 1 aliphatic rings. The summed E-state index contributed by atoms with van der Waals surface area (Å²) in [5, 5.41) is 7.88. The van der Waals surface area contributed by atoms with Crippen LogP contribution in [0.25, 0.3) is 0 Å². The molecule has 2 N–H and O–H groups in total. The molecule has 0 radical (unpaired) electrons. The van der Waals surface area contributed by atoms with Crippen molar-refractivity contribution in [1.29, 1.82) is 0 Å². The van der Waals surface area contributed by atoms with Gasteiger partial charge in [0.05, 0.1) is 16.9 Å². The number of hydrogen-bond acceptors (Lipinski definition) is 4. The zero-order valence-electron chi connectivity index (χ0n) is 13.5. The van der Waals surface area contributed by atoms with Crippen molar-refractivity contribution in [2.24, 2.45) is 0 Å². The monoisotopic (exact) mass is 361 g/mol. The Morgan fingerprint density at radius 1 is 1.33 bits per heavy atom. The minimum absolute atomic E-state index is 0.349. The van der Waals surface area contributed by atoms with Gasteiger partial charge in [-0.25, -0.2) is 4.98 Å². The third-order valence-corrected chi connectivity index (χ3v) is 4.51. The van der Waals surface area contributed by atoms with E-state index in [4.69, 9.17) is 23.8 Å². The fraction of sp³-hybridized carbons (Fsp3) is 0.353. The molecule has 0 aromatic carbocycles. The second-order valence-electron chi connectivity index (χ2n) is 5.92. The van der Waals surface area contributed by atoms with Crippen molar-refractivity contribution >= 4 is 40.4 Å². The Balaban J connectivity index is 1.51. The van der Waals surface area contributed by atoms with Crippen molar-refractivity contribution in [3.05, 3.63) is 47.4 Å². The lowest BCUT2D eigenvalue weighted by molar-refractivity contribution is 0.466. The Bertz CT molecular complexity index is 701. The average molecular weight is 362 g/mol. The molecule has 2 aromatic heterocycles. The van der Waals surface area contributed by atoms with Crippen molar-refractivity contribution < 1.29 is 0 Å². The van der Waals surface area contributed by atoms with E-state index >= 15 is 0 Å². The Morgan fingerprint density at radius 2 is 2.12 bits per heavy atom. The van der Waals surface area contributed by atoms with E-state index < -0.39 is 0 Å². The number of aromatic nitrogens is 2. The molecule has 7 heteroatoms. The third-order valence-electron chi connectivity index (χ3n) is 4.01. The lowest BCUT2D eigenvalue weighted by Gasteiger charge is -2.34. The van der Waals surface area contributed by atoms with E-state index in [2.05, 4.69) is 25.5 Å². The van der Waals surface area contributed by atoms with Gasteiger partial charge in [-0.15, -0.1) is 0 Å². The fourth-order valence-corrected chi connectivity index (χ4v) is 3.41. The lowest BCUT2D eigenvalue weighted by Crippen LogP contribution is -2.46. The largest absolute Gasteiger partial charge is 0.360 e. The zero-order valence-corrected chi connectivity index (χ0v) is 15.1. The summed E-state index contributed by atoms with van der Waals surface area (Å²) in [6.45, 7) is 3.81. The summed E-state index contributed by atoms with van der Waals surface area (Å²) in [4.78, 5) is 10.8. The molecule has 24 heavy (non-hydrogen) atoms. The van der Waals surface area contributed by atoms with Crippen LogP contribution in [0.4, 0.5) is 11.5 Å². The van der Waals surface area contributed by atoms with E-state index in [9.17, 15) is 0 Å². The molecule has 5 nitrogen and oxygen atoms in total. The molecule has 3 rings (SSSR count). The van der Waals surface area contributed by atoms with Crippen molar-refractivity contribution in [2.75, 3.05) is 23.3 Å². The van der Waals surface area contributed by atoms with Crippen LogP contribution in [0.5, 0.6) is 0 Å². The average Bonchev–Trinajstić information content (AvgIpc) is 2.57. The summed E-state index contributed by atoms with van der Waals surface area (Å²) in [6.07, 6.45) is 7.32. The molecule has 0 amide bonds. The maximum Gasteiger partial charge on any atom is 0.171 e. The van der Waals surface area contributed by atoms with E-state index in [1.54, 1.807) is 12.4 Å². The minimum atomic E-state index is 0.349. The molecule has 0 aliphatic carbocycles. The van der Waals surface area contributed by atoms with E-state index in [1.807, 2.05) is 31.3 Å². The molecule has 1 fully saturated rings. The van der Waals surface area contributed by atoms with Crippen LogP contribution in [0.2, 0.25) is 5.02 Å². The highest BCUT2D eigenvalue weighted by molar-refractivity contribution is 7.80. The Hall–Kier alpha value is -1.92. The van der Waals surface area contributed by atoms with Crippen LogP contribution in [-0.2, 0) is 0 Å². The molecule has 0 spiro atoms. The highest BCUT2D eigenvalue weighted by Gasteiger charge is 2.22. The predicted octanol–water partition coefficient (Wildman–Crippen LogP) is 3.39. The summed E-state index contributed by atoms with van der Waals surface area (Å²) in [7, 11) is 0. The van der Waals surface area contributed by atoms with Gasteiger partial charge in [0.25, 0.3) is 0 Å². The van der Waals surface area contributed by atoms with E-state index in [0.29, 0.717) is 11.2 Å². The highest BCUT2D eigenvalue weighted by atomic mass is 35.5. The molecule has 1 saturated heterocycles. The number of aryl methyl sites for hydroxylation is 1. The number of pyridine rings is 2. The molecular weight excluding hydrogens is 342 g/mol. The van der Waals surface area contributed by atoms with Crippen molar-refractivity contribution in [2.45, 2.75) is 25.8 Å². The van der Waals surface area contributed by atoms with Crippen LogP contribution < -0.4 is 15.5 Å². The first-order chi connectivity index (χ1) is 11.6. The van der Waals surface area contributed by atoms with Gasteiger partial charge in [0, 0.05) is 31.5 Å². The maximum absolute atomic E-state index is 6.32. The van der Waals surface area contributed by atoms with E-state index in [-0.39, 0.29) is 0 Å². The summed E-state index contributed by atoms with van der Waals surface area (Å²) >= 11 is 11.7. The second-order valence-corrected chi connectivity index (χ2v) is 6.74. The van der Waals surface area contributed by atoms with Gasteiger partial charge in [0.2, 0.25) is 0 Å². The van der Waals surface area contributed by atoms with Gasteiger partial charge < -0.3 is 15.5 Å². The zero-order chi connectivity index (χ0) is 16.9. The number of anilines is 2. The van der Waals surface area contributed by atoms with Gasteiger partial charge in [-0.2, -0.15) is 0 Å². The number of nitrogens with one attached hydrogen (secondary N) is 2. The molecule has 0 saturated carbocycles. The van der Waals surface area contributed by atoms with Crippen LogP contribution in [0.3, 0.4) is 0 Å². The van der Waals surface area contributed by atoms with Crippen molar-refractivity contribution in [3.8, 4) is 0 Å². The molecule has 0 bridgehead atoms. The molecule has 3 heterocycles. The van der Waals surface area contributed by atoms with Gasteiger partial charge >= 0.3 is 0 Å². The SMILES string of the molecule is Cc1cnc(N2CCC(NC(=S)Nc3cccnc3)CC2)c(Cl)c1. The molecular formula is C17H20ClN5S. The van der Waals surface area contributed by atoms with Gasteiger partial charge in [-0.05, 0) is 55.7 Å². The number of thiocarbonyl (C=S) groups is 1. The highest BCUT2D eigenvalue weighted by Crippen LogP contribution is 2.26. The number of nitrogens with zero attached hydrogens (tertiary/aromatic N) is 3. The van der Waals surface area contributed by atoms with Crippen molar-refractivity contribution in [3.63, 3.8) is 0 Å². The van der Waals surface area contributed by atoms with Gasteiger partial charge in [0.15, 0.2) is 5.11 Å². The van der Waals surface area contributed by atoms with Crippen LogP contribution >= 0.6 is 23.8 Å². The Kier molecular flexibility index (Phi) is 5.48. The quantitative estimate of drug-likeness (QED) is 0.817. The Morgan fingerprint density at radius 3 is 2.79 bits per heavy atom. The molecule has 0 atom stereocenters. The summed E-state index contributed by atoms with van der Waals surface area (Å²) in [5.74, 6) is 0.872. The smallest absolute Gasteiger partial charge is 0.171 e. The van der Waals surface area contributed by atoms with Gasteiger partial charge in [-0.3, -0.25) is 4.98 Å². The first-order valence-corrected chi connectivity index (χ1v) is 8.75. The topological polar surface area (TPSA) is 53.1 Å². The molecule has 1 aliphatic heterocycles. The van der Waals surface area contributed by atoms with E-state index in [1.165, 1.54) is 0 Å². The van der Waals surface area contributed by atoms with Gasteiger partial charge in [-0.1, -0.05) is 11.6 Å². The number of rotatable bonds is 3. The third kappa shape index (κ3) is 4.33. The first-order valence-electron chi connectivity index (χ1n) is 7.96. The molecule has 126 valence electrons. The lowest BCUT2D eigenvalue weighted by atomic mass is 10.1. The second kappa shape index (κ2) is 7.77. The summed E-state index contributed by atoms with van der Waals surface area (Å²) < 4.78 is 0. The van der Waals surface area contributed by atoms with Crippen LogP contribution in [0.1, 0.15) is 18.4 Å².